The number of hydrogen-bond donors (Lipinski definition) is 1. The molecule has 25 heavy (non-hydrogen) atoms. The van der Waals surface area contributed by atoms with Crippen molar-refractivity contribution in [3.63, 3.8) is 0 Å². The van der Waals surface area contributed by atoms with Crippen LogP contribution >= 0.6 is 23.1 Å². The van der Waals surface area contributed by atoms with E-state index in [1.807, 2.05) is 69.3 Å². The molecule has 0 fully saturated rings. The number of nitrogens with one attached hydrogen (secondary N) is 1. The Morgan fingerprint density at radius 2 is 1.84 bits per heavy atom. The Morgan fingerprint density at radius 3 is 2.52 bits per heavy atom. The van der Waals surface area contributed by atoms with Crippen LogP contribution in [0.5, 0.6) is 0 Å². The minimum atomic E-state index is -0.381. The van der Waals surface area contributed by atoms with Gasteiger partial charge in [0.05, 0.1) is 0 Å². The number of thioether (sulfide) groups is 1. The topological polar surface area (TPSA) is 54.9 Å². The van der Waals surface area contributed by atoms with Crippen molar-refractivity contribution in [3.05, 3.63) is 70.2 Å². The number of carbonyl (C=O) groups is 1. The van der Waals surface area contributed by atoms with E-state index in [-0.39, 0.29) is 11.2 Å². The molecule has 1 amide bonds. The molecule has 4 nitrogen and oxygen atoms in total. The molecule has 0 radical (unpaired) electrons. The number of benzene rings is 2. The number of anilines is 1. The average molecular weight is 370 g/mol. The van der Waals surface area contributed by atoms with Crippen molar-refractivity contribution < 1.29 is 4.79 Å². The van der Waals surface area contributed by atoms with Gasteiger partial charge in [0.25, 0.3) is 0 Å². The highest BCUT2D eigenvalue weighted by Gasteiger charge is 2.24. The lowest BCUT2D eigenvalue weighted by Gasteiger charge is -2.17. The summed E-state index contributed by atoms with van der Waals surface area (Å²) in [5.74, 6) is -0.0576. The molecule has 1 atom stereocenters. The maximum absolute atomic E-state index is 13.0. The van der Waals surface area contributed by atoms with Gasteiger partial charge in [0, 0.05) is 5.69 Å². The predicted molar refractivity (Wildman–Crippen MR) is 104 cm³/mol. The van der Waals surface area contributed by atoms with E-state index in [0.717, 1.165) is 31.7 Å². The van der Waals surface area contributed by atoms with Gasteiger partial charge in [-0.3, -0.25) is 4.79 Å². The Labute approximate surface area is 155 Å². The predicted octanol–water partition coefficient (Wildman–Crippen LogP) is 4.94. The number of hydrogen-bond acceptors (Lipinski definition) is 5. The number of aromatic nitrogens is 2. The molecule has 128 valence electrons. The molecule has 0 unspecified atom stereocenters. The van der Waals surface area contributed by atoms with Gasteiger partial charge in [-0.25, -0.2) is 0 Å². The third-order valence-corrected chi connectivity index (χ3v) is 5.89. The Balaban J connectivity index is 1.88. The fourth-order valence-electron chi connectivity index (χ4n) is 2.40. The van der Waals surface area contributed by atoms with Crippen molar-refractivity contribution in [2.24, 2.45) is 0 Å². The highest BCUT2D eigenvalue weighted by Crippen LogP contribution is 2.37. The monoisotopic (exact) mass is 369 g/mol. The summed E-state index contributed by atoms with van der Waals surface area (Å²) in [5, 5.41) is 11.8. The minimum absolute atomic E-state index is 0.0576. The van der Waals surface area contributed by atoms with Crippen LogP contribution < -0.4 is 5.32 Å². The van der Waals surface area contributed by atoms with Crippen LogP contribution in [0.2, 0.25) is 0 Å². The molecule has 1 heterocycles. The average Bonchev–Trinajstić information content (AvgIpc) is 3.02. The van der Waals surface area contributed by atoms with Gasteiger partial charge < -0.3 is 5.32 Å². The molecule has 1 aromatic heterocycles. The SMILES string of the molecule is Cc1ccc(C)c(NC(=O)[C@@H](Sc2nnc(C)s2)c2ccccc2)c1. The van der Waals surface area contributed by atoms with Gasteiger partial charge in [0.15, 0.2) is 4.34 Å². The second-order valence-electron chi connectivity index (χ2n) is 5.80. The van der Waals surface area contributed by atoms with Crippen molar-refractivity contribution in [2.45, 2.75) is 30.4 Å². The number of carbonyl (C=O) groups excluding carboxylic acids is 1. The number of aryl methyl sites for hydroxylation is 3. The first-order chi connectivity index (χ1) is 12.0. The number of amides is 1. The second kappa shape index (κ2) is 7.80. The van der Waals surface area contributed by atoms with Crippen LogP contribution in [0.25, 0.3) is 0 Å². The summed E-state index contributed by atoms with van der Waals surface area (Å²) in [6, 6.07) is 15.8. The first kappa shape index (κ1) is 17.6. The summed E-state index contributed by atoms with van der Waals surface area (Å²) in [5.41, 5.74) is 3.95. The minimum Gasteiger partial charge on any atom is -0.325 e. The van der Waals surface area contributed by atoms with Crippen LogP contribution in [0.3, 0.4) is 0 Å². The summed E-state index contributed by atoms with van der Waals surface area (Å²) in [4.78, 5) is 13.0. The van der Waals surface area contributed by atoms with Gasteiger partial charge in [0.1, 0.15) is 10.3 Å². The molecule has 0 spiro atoms. The zero-order chi connectivity index (χ0) is 17.8. The van der Waals surface area contributed by atoms with Gasteiger partial charge in [-0.1, -0.05) is 65.6 Å². The van der Waals surface area contributed by atoms with Crippen LogP contribution in [0, 0.1) is 20.8 Å². The summed E-state index contributed by atoms with van der Waals surface area (Å²) in [6.07, 6.45) is 0. The zero-order valence-electron chi connectivity index (χ0n) is 14.3. The molecule has 6 heteroatoms. The molecule has 0 aliphatic carbocycles. The molecule has 0 aliphatic rings. The lowest BCUT2D eigenvalue weighted by Crippen LogP contribution is -2.19. The van der Waals surface area contributed by atoms with Crippen molar-refractivity contribution in [1.29, 1.82) is 0 Å². The van der Waals surface area contributed by atoms with Gasteiger partial charge in [-0.15, -0.1) is 10.2 Å². The van der Waals surface area contributed by atoms with Crippen molar-refractivity contribution in [1.82, 2.24) is 10.2 Å². The first-order valence-electron chi connectivity index (χ1n) is 7.93. The standard InChI is InChI=1S/C19H19N3OS2/c1-12-9-10-13(2)16(11-12)20-18(23)17(15-7-5-4-6-8-15)25-19-22-21-14(3)24-19/h4-11,17H,1-3H3,(H,20,23)/t17-/m0/s1. The Kier molecular flexibility index (Phi) is 5.50. The first-order valence-corrected chi connectivity index (χ1v) is 9.62. The Morgan fingerprint density at radius 1 is 1.08 bits per heavy atom. The third-order valence-electron chi connectivity index (χ3n) is 3.72. The van der Waals surface area contributed by atoms with Crippen LogP contribution in [-0.4, -0.2) is 16.1 Å². The third kappa shape index (κ3) is 4.46. The van der Waals surface area contributed by atoms with Gasteiger partial charge in [0.2, 0.25) is 5.91 Å². The quantitative estimate of drug-likeness (QED) is 0.648. The van der Waals surface area contributed by atoms with Crippen LogP contribution in [0.4, 0.5) is 5.69 Å². The molecule has 0 saturated heterocycles. The van der Waals surface area contributed by atoms with Gasteiger partial charge >= 0.3 is 0 Å². The van der Waals surface area contributed by atoms with Crippen LogP contribution in [-0.2, 0) is 4.79 Å². The second-order valence-corrected chi connectivity index (χ2v) is 8.34. The molecule has 0 saturated carbocycles. The zero-order valence-corrected chi connectivity index (χ0v) is 15.9. The number of rotatable bonds is 5. The highest BCUT2D eigenvalue weighted by atomic mass is 32.2. The van der Waals surface area contributed by atoms with E-state index in [1.54, 1.807) is 0 Å². The van der Waals surface area contributed by atoms with E-state index in [4.69, 9.17) is 0 Å². The lowest BCUT2D eigenvalue weighted by molar-refractivity contribution is -0.115. The van der Waals surface area contributed by atoms with Crippen molar-refractivity contribution >= 4 is 34.7 Å². The van der Waals surface area contributed by atoms with E-state index < -0.39 is 0 Å². The summed E-state index contributed by atoms with van der Waals surface area (Å²) in [7, 11) is 0. The molecule has 0 aliphatic heterocycles. The molecule has 3 rings (SSSR count). The van der Waals surface area contributed by atoms with E-state index in [0.29, 0.717) is 0 Å². The van der Waals surface area contributed by atoms with E-state index in [2.05, 4.69) is 15.5 Å². The van der Waals surface area contributed by atoms with Crippen LogP contribution in [0.1, 0.15) is 26.9 Å². The highest BCUT2D eigenvalue weighted by molar-refractivity contribution is 8.01. The normalized spacial score (nSPS) is 12.0. The van der Waals surface area contributed by atoms with Gasteiger partial charge in [-0.2, -0.15) is 0 Å². The van der Waals surface area contributed by atoms with Crippen molar-refractivity contribution in [3.8, 4) is 0 Å². The lowest BCUT2D eigenvalue weighted by atomic mass is 10.1. The maximum Gasteiger partial charge on any atom is 0.242 e. The molecule has 1 N–H and O–H groups in total. The van der Waals surface area contributed by atoms with Crippen molar-refractivity contribution in [2.75, 3.05) is 5.32 Å². The van der Waals surface area contributed by atoms with E-state index in [9.17, 15) is 4.79 Å². The molecular formula is C19H19N3OS2. The molecule has 3 aromatic rings. The summed E-state index contributed by atoms with van der Waals surface area (Å²) < 4.78 is 0.794. The number of nitrogens with zero attached hydrogens (tertiary/aromatic N) is 2. The fourth-order valence-corrected chi connectivity index (χ4v) is 4.40. The fraction of sp³-hybridized carbons (Fsp3) is 0.211. The summed E-state index contributed by atoms with van der Waals surface area (Å²) in [6.45, 7) is 5.92. The molecular weight excluding hydrogens is 350 g/mol. The smallest absolute Gasteiger partial charge is 0.242 e. The maximum atomic E-state index is 13.0. The van der Waals surface area contributed by atoms with Crippen LogP contribution in [0.15, 0.2) is 52.9 Å². The largest absolute Gasteiger partial charge is 0.325 e. The molecule has 2 aromatic carbocycles. The van der Waals surface area contributed by atoms with E-state index >= 15 is 0 Å². The molecule has 0 bridgehead atoms. The summed E-state index contributed by atoms with van der Waals surface area (Å²) >= 11 is 2.93. The Bertz CT molecular complexity index is 877. The van der Waals surface area contributed by atoms with E-state index in [1.165, 1.54) is 23.1 Å². The Hall–Kier alpha value is -2.18. The van der Waals surface area contributed by atoms with Gasteiger partial charge in [-0.05, 0) is 43.5 Å².